The summed E-state index contributed by atoms with van der Waals surface area (Å²) < 4.78 is 11.5. The van der Waals surface area contributed by atoms with Gasteiger partial charge in [0.25, 0.3) is 0 Å². The van der Waals surface area contributed by atoms with Crippen molar-refractivity contribution in [3.8, 4) is 28.2 Å². The number of furan rings is 1. The summed E-state index contributed by atoms with van der Waals surface area (Å²) in [5.41, 5.74) is 7.01. The van der Waals surface area contributed by atoms with Gasteiger partial charge in [-0.3, -0.25) is 0 Å². The van der Waals surface area contributed by atoms with Crippen molar-refractivity contribution >= 4 is 29.2 Å². The molecule has 2 aromatic carbocycles. The van der Waals surface area contributed by atoms with Crippen LogP contribution in [0, 0.1) is 0 Å². The second-order valence-electron chi connectivity index (χ2n) is 8.50. The maximum Gasteiger partial charge on any atom is 0.331 e. The highest BCUT2D eigenvalue weighted by molar-refractivity contribution is 6.05. The number of fused-ring (bicyclic) bond motifs is 1. The van der Waals surface area contributed by atoms with Crippen LogP contribution in [0.2, 0.25) is 0 Å². The number of aliphatic carboxylic acids is 1. The molecule has 0 bridgehead atoms. The number of nitrogens with zero attached hydrogens (tertiary/aromatic N) is 2. The van der Waals surface area contributed by atoms with Gasteiger partial charge in [0.2, 0.25) is 5.71 Å². The summed E-state index contributed by atoms with van der Waals surface area (Å²) in [6, 6.07) is 17.6. The third-order valence-corrected chi connectivity index (χ3v) is 6.07. The molecule has 9 heteroatoms. The quantitative estimate of drug-likeness (QED) is 0.149. The first-order valence-electron chi connectivity index (χ1n) is 11.7. The number of nitrogens with two attached hydrogens (primary N) is 1. The topological polar surface area (TPSA) is 141 Å². The van der Waals surface area contributed by atoms with E-state index in [2.05, 4.69) is 15.3 Å². The lowest BCUT2D eigenvalue weighted by Crippen LogP contribution is -2.49. The van der Waals surface area contributed by atoms with Gasteiger partial charge in [-0.2, -0.15) is 0 Å². The Morgan fingerprint density at radius 2 is 1.83 bits per heavy atom. The number of nitrogens with one attached hydrogen (secondary N) is 1. The molecule has 1 atom stereocenters. The fourth-order valence-electron chi connectivity index (χ4n) is 4.04. The molecule has 1 unspecified atom stereocenters. The highest BCUT2D eigenvalue weighted by atomic mass is 16.5. The smallest absolute Gasteiger partial charge is 0.331 e. The highest BCUT2D eigenvalue weighted by Gasteiger charge is 2.32. The Hall–Kier alpha value is -4.24. The molecule has 9 nitrogen and oxygen atoms in total. The number of carbonyl (C=O) groups excluding carboxylic acids is 1. The van der Waals surface area contributed by atoms with E-state index in [-0.39, 0.29) is 6.42 Å². The summed E-state index contributed by atoms with van der Waals surface area (Å²) in [6.07, 6.45) is 3.81. The molecule has 0 radical (unpaired) electrons. The van der Waals surface area contributed by atoms with E-state index < -0.39 is 11.5 Å². The Balaban J connectivity index is 1.59. The number of ether oxygens (including phenoxy) is 1. The molecular weight excluding hydrogens is 460 g/mol. The molecule has 4 N–H and O–H groups in total. The summed E-state index contributed by atoms with van der Waals surface area (Å²) in [5.74, 6) is 0.783. The first-order valence-corrected chi connectivity index (χ1v) is 11.7. The molecule has 0 aliphatic carbocycles. The number of hydrogen-bond donors (Lipinski definition) is 3. The Labute approximate surface area is 208 Å². The van der Waals surface area contributed by atoms with Crippen molar-refractivity contribution in [1.29, 1.82) is 0 Å². The van der Waals surface area contributed by atoms with Crippen molar-refractivity contribution in [3.63, 3.8) is 0 Å². The zero-order valence-electron chi connectivity index (χ0n) is 19.9. The average molecular weight is 489 g/mol. The predicted molar refractivity (Wildman–Crippen MR) is 137 cm³/mol. The third kappa shape index (κ3) is 5.21. The Morgan fingerprint density at radius 1 is 1.08 bits per heavy atom. The predicted octanol–water partition coefficient (Wildman–Crippen LogP) is 4.52. The van der Waals surface area contributed by atoms with Crippen LogP contribution in [0.4, 0.5) is 5.82 Å². The minimum atomic E-state index is -1.83. The van der Waals surface area contributed by atoms with E-state index in [1.807, 2.05) is 54.6 Å². The molecule has 4 aromatic rings. The van der Waals surface area contributed by atoms with Crippen LogP contribution in [0.3, 0.4) is 0 Å². The first-order chi connectivity index (χ1) is 17.5. The van der Waals surface area contributed by atoms with E-state index in [1.165, 1.54) is 6.33 Å². The van der Waals surface area contributed by atoms with Crippen LogP contribution in [-0.2, 0) is 9.59 Å². The first kappa shape index (κ1) is 24.9. The van der Waals surface area contributed by atoms with Crippen LogP contribution in [0.5, 0.6) is 5.75 Å². The van der Waals surface area contributed by atoms with Crippen molar-refractivity contribution in [2.45, 2.75) is 31.2 Å². The van der Waals surface area contributed by atoms with E-state index in [0.29, 0.717) is 43.0 Å². The molecule has 0 fully saturated rings. The maximum absolute atomic E-state index is 11.2. The van der Waals surface area contributed by atoms with Crippen molar-refractivity contribution in [3.05, 3.63) is 60.9 Å². The van der Waals surface area contributed by atoms with Gasteiger partial charge in [-0.05, 0) is 30.5 Å². The van der Waals surface area contributed by atoms with Gasteiger partial charge in [0.1, 0.15) is 23.7 Å². The van der Waals surface area contributed by atoms with Gasteiger partial charge in [0.05, 0.1) is 12.5 Å². The monoisotopic (exact) mass is 488 g/mol. The van der Waals surface area contributed by atoms with Crippen LogP contribution >= 0.6 is 0 Å². The molecule has 0 saturated carbocycles. The Bertz CT molecular complexity index is 1340. The molecule has 0 saturated heterocycles. The number of benzene rings is 2. The second kappa shape index (κ2) is 11.0. The van der Waals surface area contributed by atoms with Gasteiger partial charge in [0, 0.05) is 17.7 Å². The van der Waals surface area contributed by atoms with Crippen LogP contribution in [0.1, 0.15) is 25.7 Å². The van der Waals surface area contributed by atoms with Gasteiger partial charge in [-0.1, -0.05) is 55.3 Å². The molecule has 0 aliphatic rings. The molecule has 0 amide bonds. The lowest BCUT2D eigenvalue weighted by Gasteiger charge is -2.17. The minimum Gasteiger partial charge on any atom is -0.497 e. The number of anilines is 1. The number of unbranched alkanes of at least 4 members (excludes halogenated alkanes) is 2. The summed E-state index contributed by atoms with van der Waals surface area (Å²) in [4.78, 5) is 31.1. The van der Waals surface area contributed by atoms with E-state index >= 15 is 0 Å². The number of aldehydes is 1. The van der Waals surface area contributed by atoms with E-state index in [9.17, 15) is 9.59 Å². The summed E-state index contributed by atoms with van der Waals surface area (Å²) >= 11 is 0. The molecule has 2 aromatic heterocycles. The largest absolute Gasteiger partial charge is 0.497 e. The van der Waals surface area contributed by atoms with Crippen LogP contribution in [0.25, 0.3) is 33.6 Å². The number of carboxylic acid groups (broad SMARTS) is 1. The van der Waals surface area contributed by atoms with Gasteiger partial charge in [-0.25, -0.2) is 14.8 Å². The summed E-state index contributed by atoms with van der Waals surface area (Å²) in [7, 11) is 1.63. The fraction of sp³-hybridized carbons (Fsp3) is 0.259. The third-order valence-electron chi connectivity index (χ3n) is 6.07. The SMILES string of the molecule is COc1ccc(-c2c(-c3ccccc3)oc3ncnc(NCCCCCC(N)(C=O)C(=O)O)c23)cc1. The maximum atomic E-state index is 11.2. The zero-order chi connectivity index (χ0) is 25.5. The second-order valence-corrected chi connectivity index (χ2v) is 8.50. The average Bonchev–Trinajstić information content (AvgIpc) is 3.31. The summed E-state index contributed by atoms with van der Waals surface area (Å²) in [6.45, 7) is 0.589. The number of aromatic nitrogens is 2. The molecule has 36 heavy (non-hydrogen) atoms. The van der Waals surface area contributed by atoms with E-state index in [4.69, 9.17) is 20.0 Å². The number of hydrogen-bond acceptors (Lipinski definition) is 8. The van der Waals surface area contributed by atoms with Crippen molar-refractivity contribution in [1.82, 2.24) is 9.97 Å². The molecule has 0 spiro atoms. The van der Waals surface area contributed by atoms with E-state index in [0.717, 1.165) is 34.2 Å². The molecule has 186 valence electrons. The summed E-state index contributed by atoms with van der Waals surface area (Å²) in [5, 5.41) is 13.3. The highest BCUT2D eigenvalue weighted by Crippen LogP contribution is 2.42. The standard InChI is InChI=1S/C27H28N4O5/c1-35-20-12-10-18(11-13-20)21-22-24(29-15-7-3-6-14-27(28,16-32)26(33)34)30-17-31-25(22)36-23(21)19-8-4-2-5-9-19/h2,4-5,8-13,16-17H,3,6-7,14-15,28H2,1H3,(H,33,34)(H,29,30,31). The lowest BCUT2D eigenvalue weighted by molar-refractivity contribution is -0.145. The lowest BCUT2D eigenvalue weighted by atomic mass is 9.95. The normalized spacial score (nSPS) is 12.7. The number of carboxylic acids is 1. The van der Waals surface area contributed by atoms with Crippen LogP contribution < -0.4 is 15.8 Å². The van der Waals surface area contributed by atoms with Crippen LogP contribution in [-0.4, -0.2) is 46.5 Å². The zero-order valence-corrected chi connectivity index (χ0v) is 19.9. The van der Waals surface area contributed by atoms with E-state index in [1.54, 1.807) is 7.11 Å². The van der Waals surface area contributed by atoms with Crippen LogP contribution in [0.15, 0.2) is 65.3 Å². The molecule has 0 aliphatic heterocycles. The number of methoxy groups -OCH3 is 1. The molecule has 2 heterocycles. The Kier molecular flexibility index (Phi) is 7.60. The molecular formula is C27H28N4O5. The van der Waals surface area contributed by atoms with Gasteiger partial charge in [0.15, 0.2) is 11.8 Å². The molecule has 4 rings (SSSR count). The van der Waals surface area contributed by atoms with Crippen molar-refractivity contribution < 1.29 is 23.8 Å². The number of carbonyl (C=O) groups is 2. The Morgan fingerprint density at radius 3 is 2.50 bits per heavy atom. The van der Waals surface area contributed by atoms with Gasteiger partial charge >= 0.3 is 5.97 Å². The minimum absolute atomic E-state index is 0.0906. The number of rotatable bonds is 12. The van der Waals surface area contributed by atoms with Crippen molar-refractivity contribution in [2.75, 3.05) is 19.0 Å². The van der Waals surface area contributed by atoms with Gasteiger partial charge in [-0.15, -0.1) is 0 Å². The fourth-order valence-corrected chi connectivity index (χ4v) is 4.04. The van der Waals surface area contributed by atoms with Crippen molar-refractivity contribution in [2.24, 2.45) is 5.73 Å². The van der Waals surface area contributed by atoms with Gasteiger partial charge < -0.3 is 30.1 Å².